The molecule has 0 atom stereocenters. The SMILES string of the molecule is O=C(CCc1ccc(Cl)cc1)NCCCSc1ccccc1. The first-order valence-corrected chi connectivity index (χ1v) is 8.79. The maximum atomic E-state index is 11.8. The molecular weight excluding hydrogens is 314 g/mol. The van der Waals surface area contributed by atoms with Crippen molar-refractivity contribution >= 4 is 29.3 Å². The molecule has 22 heavy (non-hydrogen) atoms. The molecule has 116 valence electrons. The summed E-state index contributed by atoms with van der Waals surface area (Å²) in [4.78, 5) is 13.0. The van der Waals surface area contributed by atoms with Crippen LogP contribution in [0.15, 0.2) is 59.5 Å². The molecule has 0 aliphatic heterocycles. The molecule has 1 N–H and O–H groups in total. The van der Waals surface area contributed by atoms with E-state index in [1.165, 1.54) is 4.90 Å². The lowest BCUT2D eigenvalue weighted by atomic mass is 10.1. The lowest BCUT2D eigenvalue weighted by molar-refractivity contribution is -0.121. The van der Waals surface area contributed by atoms with Gasteiger partial charge in [-0.1, -0.05) is 41.9 Å². The zero-order valence-electron chi connectivity index (χ0n) is 12.4. The normalized spacial score (nSPS) is 10.4. The van der Waals surface area contributed by atoms with Gasteiger partial charge in [-0.05, 0) is 48.4 Å². The van der Waals surface area contributed by atoms with Crippen LogP contribution in [-0.2, 0) is 11.2 Å². The van der Waals surface area contributed by atoms with Gasteiger partial charge >= 0.3 is 0 Å². The number of amides is 1. The third kappa shape index (κ3) is 6.54. The van der Waals surface area contributed by atoms with Crippen molar-refractivity contribution in [1.29, 1.82) is 0 Å². The standard InChI is InChI=1S/C18H20ClNOS/c19-16-10-7-15(8-11-16)9-12-18(21)20-13-4-14-22-17-5-2-1-3-6-17/h1-3,5-8,10-11H,4,9,12-14H2,(H,20,21). The third-order valence-electron chi connectivity index (χ3n) is 3.21. The van der Waals surface area contributed by atoms with E-state index >= 15 is 0 Å². The first-order valence-electron chi connectivity index (χ1n) is 7.43. The van der Waals surface area contributed by atoms with Crippen LogP contribution in [0, 0.1) is 0 Å². The van der Waals surface area contributed by atoms with E-state index in [4.69, 9.17) is 11.6 Å². The number of nitrogens with one attached hydrogen (secondary N) is 1. The number of carbonyl (C=O) groups excluding carboxylic acids is 1. The lowest BCUT2D eigenvalue weighted by Gasteiger charge is -2.06. The van der Waals surface area contributed by atoms with E-state index in [1.807, 2.05) is 54.2 Å². The van der Waals surface area contributed by atoms with Gasteiger partial charge in [0.15, 0.2) is 0 Å². The van der Waals surface area contributed by atoms with E-state index in [9.17, 15) is 4.79 Å². The molecule has 0 fully saturated rings. The molecule has 2 aromatic carbocycles. The number of hydrogen-bond donors (Lipinski definition) is 1. The Bertz CT molecular complexity index is 571. The Morgan fingerprint density at radius 1 is 1.05 bits per heavy atom. The Morgan fingerprint density at radius 3 is 2.50 bits per heavy atom. The zero-order chi connectivity index (χ0) is 15.6. The minimum Gasteiger partial charge on any atom is -0.356 e. The van der Waals surface area contributed by atoms with E-state index in [0.29, 0.717) is 6.42 Å². The molecule has 2 aromatic rings. The summed E-state index contributed by atoms with van der Waals surface area (Å²) in [6.07, 6.45) is 2.25. The summed E-state index contributed by atoms with van der Waals surface area (Å²) in [5.41, 5.74) is 1.14. The second-order valence-electron chi connectivity index (χ2n) is 4.99. The smallest absolute Gasteiger partial charge is 0.220 e. The van der Waals surface area contributed by atoms with Crippen LogP contribution in [0.25, 0.3) is 0 Å². The van der Waals surface area contributed by atoms with Crippen molar-refractivity contribution in [3.63, 3.8) is 0 Å². The molecule has 0 aliphatic carbocycles. The number of rotatable bonds is 8. The van der Waals surface area contributed by atoms with E-state index in [2.05, 4.69) is 17.4 Å². The van der Waals surface area contributed by atoms with Crippen molar-refractivity contribution in [2.75, 3.05) is 12.3 Å². The highest BCUT2D eigenvalue weighted by molar-refractivity contribution is 7.99. The molecule has 0 aromatic heterocycles. The van der Waals surface area contributed by atoms with Crippen LogP contribution >= 0.6 is 23.4 Å². The molecule has 2 rings (SSSR count). The fourth-order valence-corrected chi connectivity index (χ4v) is 3.00. The molecular formula is C18H20ClNOS. The fourth-order valence-electron chi connectivity index (χ4n) is 2.00. The second kappa shape index (κ2) is 9.54. The maximum absolute atomic E-state index is 11.8. The summed E-state index contributed by atoms with van der Waals surface area (Å²) < 4.78 is 0. The first-order chi connectivity index (χ1) is 10.7. The molecule has 0 radical (unpaired) electrons. The van der Waals surface area contributed by atoms with E-state index < -0.39 is 0 Å². The summed E-state index contributed by atoms with van der Waals surface area (Å²) in [7, 11) is 0. The highest BCUT2D eigenvalue weighted by Gasteiger charge is 2.02. The molecule has 0 saturated heterocycles. The monoisotopic (exact) mass is 333 g/mol. The van der Waals surface area contributed by atoms with E-state index in [1.54, 1.807) is 0 Å². The topological polar surface area (TPSA) is 29.1 Å². The Balaban J connectivity index is 1.55. The number of benzene rings is 2. The van der Waals surface area contributed by atoms with Crippen molar-refractivity contribution in [2.24, 2.45) is 0 Å². The van der Waals surface area contributed by atoms with Crippen LogP contribution in [0.1, 0.15) is 18.4 Å². The average molecular weight is 334 g/mol. The average Bonchev–Trinajstić information content (AvgIpc) is 2.55. The lowest BCUT2D eigenvalue weighted by Crippen LogP contribution is -2.24. The van der Waals surface area contributed by atoms with E-state index in [0.717, 1.165) is 35.7 Å². The molecule has 0 aliphatic rings. The minimum atomic E-state index is 0.111. The number of aryl methyl sites for hydroxylation is 1. The van der Waals surface area contributed by atoms with Crippen LogP contribution in [0.5, 0.6) is 0 Å². The highest BCUT2D eigenvalue weighted by Crippen LogP contribution is 2.17. The van der Waals surface area contributed by atoms with Gasteiger partial charge in [0.2, 0.25) is 5.91 Å². The number of thioether (sulfide) groups is 1. The quantitative estimate of drug-likeness (QED) is 0.566. The van der Waals surface area contributed by atoms with Gasteiger partial charge in [-0.25, -0.2) is 0 Å². The highest BCUT2D eigenvalue weighted by atomic mass is 35.5. The molecule has 0 heterocycles. The number of hydrogen-bond acceptors (Lipinski definition) is 2. The van der Waals surface area contributed by atoms with E-state index in [-0.39, 0.29) is 5.91 Å². The van der Waals surface area contributed by atoms with Crippen molar-refractivity contribution in [3.8, 4) is 0 Å². The van der Waals surface area contributed by atoms with Gasteiger partial charge in [-0.3, -0.25) is 4.79 Å². The van der Waals surface area contributed by atoms with Gasteiger partial charge in [0.25, 0.3) is 0 Å². The van der Waals surface area contributed by atoms with Crippen molar-refractivity contribution in [2.45, 2.75) is 24.2 Å². The molecule has 1 amide bonds. The Morgan fingerprint density at radius 2 is 1.77 bits per heavy atom. The second-order valence-corrected chi connectivity index (χ2v) is 6.60. The summed E-state index contributed by atoms with van der Waals surface area (Å²) >= 11 is 7.66. The first kappa shape index (κ1) is 16.9. The molecule has 0 unspecified atom stereocenters. The van der Waals surface area contributed by atoms with Crippen LogP contribution in [0.3, 0.4) is 0 Å². The van der Waals surface area contributed by atoms with Crippen LogP contribution in [0.4, 0.5) is 0 Å². The van der Waals surface area contributed by atoms with Gasteiger partial charge in [0, 0.05) is 22.9 Å². The zero-order valence-corrected chi connectivity index (χ0v) is 14.0. The Hall–Kier alpha value is -1.45. The molecule has 2 nitrogen and oxygen atoms in total. The molecule has 4 heteroatoms. The van der Waals surface area contributed by atoms with Gasteiger partial charge in [0.1, 0.15) is 0 Å². The summed E-state index contributed by atoms with van der Waals surface area (Å²) in [5.74, 6) is 1.13. The Labute approximate surface area is 141 Å². The number of halogens is 1. The van der Waals surface area contributed by atoms with Gasteiger partial charge in [-0.2, -0.15) is 0 Å². The van der Waals surface area contributed by atoms with Crippen molar-refractivity contribution in [1.82, 2.24) is 5.32 Å². The summed E-state index contributed by atoms with van der Waals surface area (Å²) in [6, 6.07) is 18.0. The third-order valence-corrected chi connectivity index (χ3v) is 4.56. The number of carbonyl (C=O) groups is 1. The predicted molar refractivity (Wildman–Crippen MR) is 94.6 cm³/mol. The fraction of sp³-hybridized carbons (Fsp3) is 0.278. The molecule has 0 bridgehead atoms. The molecule has 0 spiro atoms. The summed E-state index contributed by atoms with van der Waals surface area (Å²) in [6.45, 7) is 0.735. The molecule has 0 saturated carbocycles. The summed E-state index contributed by atoms with van der Waals surface area (Å²) in [5, 5.41) is 3.70. The van der Waals surface area contributed by atoms with Crippen LogP contribution in [-0.4, -0.2) is 18.2 Å². The van der Waals surface area contributed by atoms with Gasteiger partial charge in [-0.15, -0.1) is 11.8 Å². The van der Waals surface area contributed by atoms with Crippen LogP contribution in [0.2, 0.25) is 5.02 Å². The van der Waals surface area contributed by atoms with Crippen molar-refractivity contribution in [3.05, 3.63) is 65.2 Å². The van der Waals surface area contributed by atoms with Crippen LogP contribution < -0.4 is 5.32 Å². The minimum absolute atomic E-state index is 0.111. The maximum Gasteiger partial charge on any atom is 0.220 e. The Kier molecular flexibility index (Phi) is 7.34. The van der Waals surface area contributed by atoms with Gasteiger partial charge in [0.05, 0.1) is 0 Å². The predicted octanol–water partition coefficient (Wildman–Crippen LogP) is 4.57. The van der Waals surface area contributed by atoms with Gasteiger partial charge < -0.3 is 5.32 Å². The van der Waals surface area contributed by atoms with Crippen molar-refractivity contribution < 1.29 is 4.79 Å². The largest absolute Gasteiger partial charge is 0.356 e.